The van der Waals surface area contributed by atoms with Gasteiger partial charge in [-0.15, -0.1) is 0 Å². The van der Waals surface area contributed by atoms with Gasteiger partial charge in [-0.3, -0.25) is 19.2 Å². The lowest BCUT2D eigenvalue weighted by Gasteiger charge is -2.35. The molecule has 2 N–H and O–H groups in total. The Hall–Kier alpha value is -4.49. The minimum Gasteiger partial charge on any atom is -0.492 e. The van der Waals surface area contributed by atoms with Crippen molar-refractivity contribution in [1.82, 2.24) is 14.4 Å². The van der Waals surface area contributed by atoms with E-state index >= 15 is 0 Å². The van der Waals surface area contributed by atoms with Crippen molar-refractivity contribution in [3.63, 3.8) is 0 Å². The number of aromatic nitrogens is 1. The maximum atomic E-state index is 14.2. The Bertz CT molecular complexity index is 1960. The van der Waals surface area contributed by atoms with Crippen molar-refractivity contribution in [2.75, 3.05) is 49.6 Å². The number of carbonyl (C=O) groups excluding carboxylic acids is 2. The fraction of sp³-hybridized carbons (Fsp3) is 0.353. The third-order valence-electron chi connectivity index (χ3n) is 8.29. The number of nitrogens with one attached hydrogen (secondary N) is 2. The molecular formula is C34H39F2N5O5S. The van der Waals surface area contributed by atoms with Gasteiger partial charge in [-0.1, -0.05) is 39.0 Å². The van der Waals surface area contributed by atoms with Gasteiger partial charge >= 0.3 is 0 Å². The number of methoxy groups -OCH3 is 1. The van der Waals surface area contributed by atoms with E-state index in [0.717, 1.165) is 46.5 Å². The lowest BCUT2D eigenvalue weighted by Crippen LogP contribution is -2.48. The van der Waals surface area contributed by atoms with Gasteiger partial charge in [0.2, 0.25) is 10.0 Å². The molecule has 1 aromatic heterocycles. The van der Waals surface area contributed by atoms with E-state index in [0.29, 0.717) is 44.1 Å². The van der Waals surface area contributed by atoms with Crippen LogP contribution in [-0.4, -0.2) is 74.1 Å². The molecule has 0 aliphatic carbocycles. The van der Waals surface area contributed by atoms with Gasteiger partial charge < -0.3 is 19.5 Å². The Morgan fingerprint density at radius 2 is 1.64 bits per heavy atom. The summed E-state index contributed by atoms with van der Waals surface area (Å²) in [5.74, 6) is -2.16. The number of carbonyl (C=O) groups is 2. The molecule has 13 heteroatoms. The monoisotopic (exact) mass is 667 g/mol. The highest BCUT2D eigenvalue weighted by Gasteiger charge is 2.27. The zero-order valence-corrected chi connectivity index (χ0v) is 28.1. The summed E-state index contributed by atoms with van der Waals surface area (Å²) in [5, 5.41) is 3.80. The van der Waals surface area contributed by atoms with Gasteiger partial charge in [0.1, 0.15) is 17.3 Å². The summed E-state index contributed by atoms with van der Waals surface area (Å²) in [5.41, 5.74) is 2.95. The molecule has 0 spiro atoms. The number of rotatable bonds is 8. The average Bonchev–Trinajstić information content (AvgIpc) is 3.34. The van der Waals surface area contributed by atoms with Crippen LogP contribution in [-0.2, 0) is 29.0 Å². The Labute approximate surface area is 273 Å². The number of halogens is 2. The number of nitrogens with zero attached hydrogens (tertiary/aromatic N) is 3. The number of aryl methyl sites for hydroxylation is 1. The van der Waals surface area contributed by atoms with Crippen LogP contribution in [0.2, 0.25) is 0 Å². The van der Waals surface area contributed by atoms with E-state index in [1.807, 2.05) is 50.6 Å². The Balaban J connectivity index is 1.37. The van der Waals surface area contributed by atoms with Crippen LogP contribution in [0.5, 0.6) is 5.75 Å². The van der Waals surface area contributed by atoms with Crippen LogP contribution < -0.4 is 14.8 Å². The van der Waals surface area contributed by atoms with Gasteiger partial charge in [-0.25, -0.2) is 17.2 Å². The fourth-order valence-corrected chi connectivity index (χ4v) is 6.42. The molecule has 1 aliphatic heterocycles. The third-order valence-corrected chi connectivity index (χ3v) is 8.88. The number of para-hydroxylation sites is 1. The van der Waals surface area contributed by atoms with E-state index in [2.05, 4.69) is 14.9 Å². The van der Waals surface area contributed by atoms with Crippen molar-refractivity contribution >= 4 is 44.1 Å². The first-order chi connectivity index (χ1) is 22.1. The molecule has 0 atom stereocenters. The minimum atomic E-state index is -3.63. The molecule has 1 aliphatic rings. The molecule has 2 heterocycles. The molecule has 3 aromatic carbocycles. The highest BCUT2D eigenvalue weighted by molar-refractivity contribution is 7.92. The first kappa shape index (κ1) is 33.9. The minimum absolute atomic E-state index is 0.189. The number of fused-ring (bicyclic) bond motifs is 1. The molecule has 4 aromatic rings. The predicted octanol–water partition coefficient (Wildman–Crippen LogP) is 5.34. The molecule has 47 heavy (non-hydrogen) atoms. The van der Waals surface area contributed by atoms with E-state index < -0.39 is 33.5 Å². The van der Waals surface area contributed by atoms with E-state index in [1.165, 1.54) is 12.0 Å². The highest BCUT2D eigenvalue weighted by Crippen LogP contribution is 2.39. The van der Waals surface area contributed by atoms with Crippen LogP contribution in [0.25, 0.3) is 10.9 Å². The SMILES string of the molecule is COc1c(NC(=O)c2cc3cccc(CN4CCN(C(=O)c5cc(F)ccc5F)CC4)c3n2C)cc(C(C)(C)C)cc1NS(C)(=O)=O. The summed E-state index contributed by atoms with van der Waals surface area (Å²) < 4.78 is 62.0. The maximum Gasteiger partial charge on any atom is 0.272 e. The number of hydrogen-bond donors (Lipinski definition) is 2. The first-order valence-corrected chi connectivity index (χ1v) is 17.0. The standard InChI is InChI=1S/C34H39F2N5O5S/c1-34(2,3)23-17-27(31(46-5)28(18-23)38-47(6,44)45)37-32(42)29-16-21-8-7-9-22(30(21)39(29)4)20-40-12-14-41(15-13-40)33(43)25-19-24(35)10-11-26(25)36/h7-11,16-19,38H,12-15,20H2,1-6H3,(H,37,42). The molecular weight excluding hydrogens is 628 g/mol. The van der Waals surface area contributed by atoms with Crippen LogP contribution in [0.3, 0.4) is 0 Å². The molecule has 1 fully saturated rings. The lowest BCUT2D eigenvalue weighted by molar-refractivity contribution is 0.0623. The molecule has 0 radical (unpaired) electrons. The summed E-state index contributed by atoms with van der Waals surface area (Å²) in [6.45, 7) is 8.28. The Kier molecular flexibility index (Phi) is 9.33. The van der Waals surface area contributed by atoms with E-state index in [9.17, 15) is 26.8 Å². The molecule has 10 nitrogen and oxygen atoms in total. The molecule has 250 valence electrons. The second-order valence-corrected chi connectivity index (χ2v) is 14.6. The van der Waals surface area contributed by atoms with Crippen LogP contribution in [0.1, 0.15) is 52.7 Å². The normalized spacial score (nSPS) is 14.3. The number of amides is 2. The summed E-state index contributed by atoms with van der Waals surface area (Å²) in [4.78, 5) is 30.3. The van der Waals surface area contributed by atoms with Crippen LogP contribution >= 0.6 is 0 Å². The van der Waals surface area contributed by atoms with Gasteiger partial charge in [-0.05, 0) is 52.9 Å². The number of benzene rings is 3. The van der Waals surface area contributed by atoms with Crippen LogP contribution in [0, 0.1) is 11.6 Å². The number of anilines is 2. The van der Waals surface area contributed by atoms with Crippen molar-refractivity contribution in [2.45, 2.75) is 32.7 Å². The maximum absolute atomic E-state index is 14.2. The summed E-state index contributed by atoms with van der Waals surface area (Å²) in [6, 6.07) is 14.0. The van der Waals surface area contributed by atoms with E-state index in [-0.39, 0.29) is 22.4 Å². The van der Waals surface area contributed by atoms with Gasteiger partial charge in [0.05, 0.1) is 35.8 Å². The fourth-order valence-electron chi connectivity index (χ4n) is 5.86. The van der Waals surface area contributed by atoms with Gasteiger partial charge in [0.15, 0.2) is 5.75 Å². The van der Waals surface area contributed by atoms with Gasteiger partial charge in [0.25, 0.3) is 11.8 Å². The number of piperazine rings is 1. The molecule has 2 amide bonds. The van der Waals surface area contributed by atoms with E-state index in [1.54, 1.807) is 18.2 Å². The summed E-state index contributed by atoms with van der Waals surface area (Å²) in [7, 11) is -0.413. The molecule has 0 saturated carbocycles. The zero-order chi connectivity index (χ0) is 34.3. The van der Waals surface area contributed by atoms with Crippen LogP contribution in [0.4, 0.5) is 20.2 Å². The first-order valence-electron chi connectivity index (χ1n) is 15.1. The highest BCUT2D eigenvalue weighted by atomic mass is 32.2. The van der Waals surface area contributed by atoms with E-state index in [4.69, 9.17) is 4.74 Å². The third kappa shape index (κ3) is 7.41. The average molecular weight is 668 g/mol. The predicted molar refractivity (Wildman–Crippen MR) is 179 cm³/mol. The topological polar surface area (TPSA) is 113 Å². The number of hydrogen-bond acceptors (Lipinski definition) is 6. The van der Waals surface area contributed by atoms with Gasteiger partial charge in [0, 0.05) is 45.2 Å². The largest absolute Gasteiger partial charge is 0.492 e. The molecule has 1 saturated heterocycles. The van der Waals surface area contributed by atoms with Crippen LogP contribution in [0.15, 0.2) is 54.6 Å². The summed E-state index contributed by atoms with van der Waals surface area (Å²) >= 11 is 0. The number of sulfonamides is 1. The number of ether oxygens (including phenoxy) is 1. The molecule has 5 rings (SSSR count). The van der Waals surface area contributed by atoms with Crippen molar-refractivity contribution in [2.24, 2.45) is 7.05 Å². The quantitative estimate of drug-likeness (QED) is 0.262. The van der Waals surface area contributed by atoms with Crippen molar-refractivity contribution in [3.05, 3.63) is 88.6 Å². The second-order valence-electron chi connectivity index (χ2n) is 12.8. The second kappa shape index (κ2) is 13.0. The van der Waals surface area contributed by atoms with Crippen molar-refractivity contribution in [3.8, 4) is 5.75 Å². The molecule has 0 unspecified atom stereocenters. The van der Waals surface area contributed by atoms with Crippen molar-refractivity contribution < 1.29 is 31.5 Å². The summed E-state index contributed by atoms with van der Waals surface area (Å²) in [6.07, 6.45) is 1.05. The smallest absolute Gasteiger partial charge is 0.272 e. The Morgan fingerprint density at radius 1 is 0.957 bits per heavy atom. The lowest BCUT2D eigenvalue weighted by atomic mass is 9.86. The zero-order valence-electron chi connectivity index (χ0n) is 27.3. The Morgan fingerprint density at radius 3 is 2.28 bits per heavy atom. The van der Waals surface area contributed by atoms with Crippen molar-refractivity contribution in [1.29, 1.82) is 0 Å². The molecule has 0 bridgehead atoms. The van der Waals surface area contributed by atoms with Gasteiger partial charge in [-0.2, -0.15) is 0 Å².